The number of aryl methyl sites for hydroxylation is 1. The molecule has 0 bridgehead atoms. The van der Waals surface area contributed by atoms with Crippen LogP contribution in [0.25, 0.3) is 0 Å². The largest absolute Gasteiger partial charge is 0.508 e. The summed E-state index contributed by atoms with van der Waals surface area (Å²) in [4.78, 5) is 0. The molecule has 0 atom stereocenters. The van der Waals surface area contributed by atoms with Crippen molar-refractivity contribution in [3.63, 3.8) is 0 Å². The van der Waals surface area contributed by atoms with Crippen molar-refractivity contribution in [3.8, 4) is 11.8 Å². The Balaban J connectivity index is 0.000000671. The number of phenols is 1. The lowest BCUT2D eigenvalue weighted by molar-refractivity contribution is 0.471. The molecule has 1 aromatic carbocycles. The summed E-state index contributed by atoms with van der Waals surface area (Å²) >= 11 is 0. The molecular weight excluding hydrogens is 162 g/mol. The van der Waals surface area contributed by atoms with Crippen LogP contribution >= 0.6 is 0 Å². The normalized spacial score (nSPS) is 8.15. The van der Waals surface area contributed by atoms with Crippen LogP contribution in [-0.2, 0) is 6.42 Å². The van der Waals surface area contributed by atoms with E-state index in [0.717, 1.165) is 11.1 Å². The summed E-state index contributed by atoms with van der Waals surface area (Å²) in [5.74, 6) is 0.284. The quantitative estimate of drug-likeness (QED) is 0.716. The SMILES string of the molecule is CC.Cc1cc(CC#N)ccc1O. The Hall–Kier alpha value is -1.49. The Kier molecular flexibility index (Phi) is 5.38. The molecule has 0 heterocycles. The summed E-state index contributed by atoms with van der Waals surface area (Å²) in [6.07, 6.45) is 0.404. The van der Waals surface area contributed by atoms with Gasteiger partial charge in [0.05, 0.1) is 12.5 Å². The number of hydrogen-bond donors (Lipinski definition) is 1. The number of phenolic OH excluding ortho intramolecular Hbond substituents is 1. The Morgan fingerprint density at radius 2 is 2.00 bits per heavy atom. The van der Waals surface area contributed by atoms with Crippen molar-refractivity contribution in [2.75, 3.05) is 0 Å². The van der Waals surface area contributed by atoms with Gasteiger partial charge in [0.15, 0.2) is 0 Å². The van der Waals surface area contributed by atoms with Crippen LogP contribution < -0.4 is 0 Å². The van der Waals surface area contributed by atoms with Gasteiger partial charge in [-0.3, -0.25) is 0 Å². The van der Waals surface area contributed by atoms with Crippen LogP contribution in [0.1, 0.15) is 25.0 Å². The number of benzene rings is 1. The zero-order valence-corrected chi connectivity index (χ0v) is 8.33. The zero-order valence-electron chi connectivity index (χ0n) is 8.33. The average molecular weight is 177 g/mol. The molecule has 13 heavy (non-hydrogen) atoms. The second kappa shape index (κ2) is 6.07. The summed E-state index contributed by atoms with van der Waals surface area (Å²) in [6.45, 7) is 5.82. The van der Waals surface area contributed by atoms with Gasteiger partial charge in [0.1, 0.15) is 5.75 Å². The first-order chi connectivity index (χ1) is 6.24. The summed E-state index contributed by atoms with van der Waals surface area (Å²) in [6, 6.07) is 7.24. The summed E-state index contributed by atoms with van der Waals surface area (Å²) in [5, 5.41) is 17.5. The van der Waals surface area contributed by atoms with Gasteiger partial charge in [-0.05, 0) is 24.1 Å². The summed E-state index contributed by atoms with van der Waals surface area (Å²) < 4.78 is 0. The van der Waals surface area contributed by atoms with E-state index in [9.17, 15) is 0 Å². The van der Waals surface area contributed by atoms with Gasteiger partial charge >= 0.3 is 0 Å². The maximum absolute atomic E-state index is 9.13. The van der Waals surface area contributed by atoms with Gasteiger partial charge in [-0.25, -0.2) is 0 Å². The lowest BCUT2D eigenvalue weighted by Gasteiger charge is -1.99. The van der Waals surface area contributed by atoms with Gasteiger partial charge in [0.25, 0.3) is 0 Å². The molecule has 0 saturated heterocycles. The third kappa shape index (κ3) is 3.62. The summed E-state index contributed by atoms with van der Waals surface area (Å²) in [5.41, 5.74) is 1.76. The van der Waals surface area contributed by atoms with E-state index in [2.05, 4.69) is 0 Å². The lowest BCUT2D eigenvalue weighted by Crippen LogP contribution is -1.82. The fourth-order valence-electron chi connectivity index (χ4n) is 0.919. The van der Waals surface area contributed by atoms with Crippen LogP contribution in [0, 0.1) is 18.3 Å². The standard InChI is InChI=1S/C9H9NO.C2H6/c1-7-6-8(4-5-10)2-3-9(7)11;1-2/h2-3,6,11H,4H2,1H3;1-2H3. The number of hydrogen-bond acceptors (Lipinski definition) is 2. The van der Waals surface area contributed by atoms with Crippen molar-refractivity contribution in [2.24, 2.45) is 0 Å². The van der Waals surface area contributed by atoms with Crippen LogP contribution in [0.4, 0.5) is 0 Å². The molecule has 0 aromatic heterocycles. The molecule has 70 valence electrons. The molecule has 0 aliphatic carbocycles. The number of rotatable bonds is 1. The van der Waals surface area contributed by atoms with Crippen LogP contribution in [-0.4, -0.2) is 5.11 Å². The van der Waals surface area contributed by atoms with E-state index in [0.29, 0.717) is 6.42 Å². The molecule has 0 fully saturated rings. The Morgan fingerprint density at radius 1 is 1.38 bits per heavy atom. The van der Waals surface area contributed by atoms with Gasteiger partial charge in [0, 0.05) is 0 Å². The van der Waals surface area contributed by atoms with Crippen molar-refractivity contribution < 1.29 is 5.11 Å². The van der Waals surface area contributed by atoms with E-state index < -0.39 is 0 Å². The smallest absolute Gasteiger partial charge is 0.118 e. The van der Waals surface area contributed by atoms with E-state index in [1.807, 2.05) is 32.9 Å². The molecule has 1 aromatic rings. The van der Waals surface area contributed by atoms with Gasteiger partial charge in [-0.2, -0.15) is 5.26 Å². The van der Waals surface area contributed by atoms with E-state index in [-0.39, 0.29) is 5.75 Å². The number of aromatic hydroxyl groups is 1. The van der Waals surface area contributed by atoms with E-state index in [1.54, 1.807) is 12.1 Å². The Morgan fingerprint density at radius 3 is 2.46 bits per heavy atom. The van der Waals surface area contributed by atoms with Crippen molar-refractivity contribution >= 4 is 0 Å². The monoisotopic (exact) mass is 177 g/mol. The minimum absolute atomic E-state index is 0.284. The maximum Gasteiger partial charge on any atom is 0.118 e. The topological polar surface area (TPSA) is 44.0 Å². The molecule has 0 unspecified atom stereocenters. The van der Waals surface area contributed by atoms with Crippen LogP contribution in [0.3, 0.4) is 0 Å². The first-order valence-electron chi connectivity index (χ1n) is 4.39. The van der Waals surface area contributed by atoms with Crippen molar-refractivity contribution in [1.29, 1.82) is 5.26 Å². The van der Waals surface area contributed by atoms with Crippen LogP contribution in [0.2, 0.25) is 0 Å². The Bertz CT molecular complexity index is 299. The average Bonchev–Trinajstić information content (AvgIpc) is 2.15. The van der Waals surface area contributed by atoms with Gasteiger partial charge in [0.2, 0.25) is 0 Å². The third-order valence-corrected chi connectivity index (χ3v) is 1.54. The minimum atomic E-state index is 0.284. The Labute approximate surface area is 79.4 Å². The van der Waals surface area contributed by atoms with E-state index in [1.165, 1.54) is 0 Å². The molecular formula is C11H15NO. The number of nitriles is 1. The second-order valence-corrected chi connectivity index (χ2v) is 2.46. The molecule has 0 radical (unpaired) electrons. The highest BCUT2D eigenvalue weighted by Gasteiger charge is 1.96. The molecule has 2 nitrogen and oxygen atoms in total. The molecule has 0 aliphatic heterocycles. The van der Waals surface area contributed by atoms with Crippen LogP contribution in [0.5, 0.6) is 5.75 Å². The predicted octanol–water partition coefficient (Wildman–Crippen LogP) is 2.79. The highest BCUT2D eigenvalue weighted by atomic mass is 16.3. The van der Waals surface area contributed by atoms with E-state index >= 15 is 0 Å². The molecule has 1 N–H and O–H groups in total. The maximum atomic E-state index is 9.13. The first kappa shape index (κ1) is 11.5. The first-order valence-corrected chi connectivity index (χ1v) is 4.39. The molecule has 0 saturated carbocycles. The van der Waals surface area contributed by atoms with Crippen molar-refractivity contribution in [2.45, 2.75) is 27.2 Å². The second-order valence-electron chi connectivity index (χ2n) is 2.46. The van der Waals surface area contributed by atoms with Gasteiger partial charge in [-0.1, -0.05) is 26.0 Å². The lowest BCUT2D eigenvalue weighted by atomic mass is 10.1. The fourth-order valence-corrected chi connectivity index (χ4v) is 0.919. The number of nitrogens with zero attached hydrogens (tertiary/aromatic N) is 1. The van der Waals surface area contributed by atoms with E-state index in [4.69, 9.17) is 10.4 Å². The highest BCUT2D eigenvalue weighted by molar-refractivity contribution is 5.35. The molecule has 0 amide bonds. The fraction of sp³-hybridized carbons (Fsp3) is 0.364. The minimum Gasteiger partial charge on any atom is -0.508 e. The molecule has 0 aliphatic rings. The molecule has 2 heteroatoms. The highest BCUT2D eigenvalue weighted by Crippen LogP contribution is 2.16. The zero-order chi connectivity index (χ0) is 10.3. The molecule has 1 rings (SSSR count). The van der Waals surface area contributed by atoms with Gasteiger partial charge < -0.3 is 5.11 Å². The van der Waals surface area contributed by atoms with Crippen molar-refractivity contribution in [1.82, 2.24) is 0 Å². The third-order valence-electron chi connectivity index (χ3n) is 1.54. The predicted molar refractivity (Wildman–Crippen MR) is 53.5 cm³/mol. The summed E-state index contributed by atoms with van der Waals surface area (Å²) in [7, 11) is 0. The van der Waals surface area contributed by atoms with Gasteiger partial charge in [-0.15, -0.1) is 0 Å². The van der Waals surface area contributed by atoms with Crippen molar-refractivity contribution in [3.05, 3.63) is 29.3 Å². The molecule has 0 spiro atoms. The van der Waals surface area contributed by atoms with Crippen LogP contribution in [0.15, 0.2) is 18.2 Å².